The summed E-state index contributed by atoms with van der Waals surface area (Å²) in [6.45, 7) is 2.07. The van der Waals surface area contributed by atoms with Gasteiger partial charge in [-0.25, -0.2) is 4.79 Å². The van der Waals surface area contributed by atoms with Crippen LogP contribution >= 0.6 is 0 Å². The van der Waals surface area contributed by atoms with Gasteiger partial charge in [0.05, 0.1) is 20.3 Å². The lowest BCUT2D eigenvalue weighted by Gasteiger charge is -2.26. The number of nitrogens with one attached hydrogen (secondary N) is 2. The molecule has 0 unspecified atom stereocenters. The molecular formula is C17H19N3O6. The van der Waals surface area contributed by atoms with Crippen LogP contribution in [0.4, 0.5) is 4.79 Å². The number of morpholine rings is 1. The molecule has 2 fully saturated rings. The van der Waals surface area contributed by atoms with E-state index in [1.165, 1.54) is 13.2 Å². The van der Waals surface area contributed by atoms with Gasteiger partial charge in [-0.3, -0.25) is 14.9 Å². The number of methoxy groups -OCH3 is 1. The first-order chi connectivity index (χ1) is 12.6. The summed E-state index contributed by atoms with van der Waals surface area (Å²) in [5.41, 5.74) is 0.786. The second-order valence-corrected chi connectivity index (χ2v) is 5.66. The van der Waals surface area contributed by atoms with Gasteiger partial charge in [0.15, 0.2) is 18.1 Å². The number of rotatable bonds is 5. The Bertz CT molecular complexity index is 755. The van der Waals surface area contributed by atoms with E-state index >= 15 is 0 Å². The average molecular weight is 361 g/mol. The fourth-order valence-corrected chi connectivity index (χ4v) is 2.59. The molecule has 3 rings (SSSR count). The number of benzene rings is 1. The highest BCUT2D eigenvalue weighted by atomic mass is 16.5. The quantitative estimate of drug-likeness (QED) is 0.570. The molecule has 0 saturated carbocycles. The summed E-state index contributed by atoms with van der Waals surface area (Å²) in [5, 5.41) is 4.54. The third kappa shape index (κ3) is 4.12. The van der Waals surface area contributed by atoms with Gasteiger partial charge in [0.25, 0.3) is 11.8 Å². The minimum Gasteiger partial charge on any atom is -0.493 e. The Labute approximate surface area is 149 Å². The summed E-state index contributed by atoms with van der Waals surface area (Å²) in [4.78, 5) is 36.5. The molecule has 0 radical (unpaired) electrons. The third-order valence-electron chi connectivity index (χ3n) is 3.93. The second kappa shape index (κ2) is 7.87. The number of carbonyl (C=O) groups is 3. The number of hydrogen-bond acceptors (Lipinski definition) is 6. The largest absolute Gasteiger partial charge is 0.493 e. The number of urea groups is 1. The van der Waals surface area contributed by atoms with Crippen LogP contribution in [0.15, 0.2) is 23.9 Å². The van der Waals surface area contributed by atoms with Crippen LogP contribution in [-0.2, 0) is 14.3 Å². The molecule has 1 aromatic carbocycles. The highest BCUT2D eigenvalue weighted by Crippen LogP contribution is 2.29. The Balaban J connectivity index is 1.67. The molecule has 0 aliphatic carbocycles. The van der Waals surface area contributed by atoms with Crippen LogP contribution in [0, 0.1) is 0 Å². The molecule has 2 N–H and O–H groups in total. The first-order valence-electron chi connectivity index (χ1n) is 8.07. The zero-order chi connectivity index (χ0) is 18.5. The van der Waals surface area contributed by atoms with E-state index in [0.29, 0.717) is 43.4 Å². The van der Waals surface area contributed by atoms with Crippen LogP contribution in [0.1, 0.15) is 5.56 Å². The number of hydrogen-bond donors (Lipinski definition) is 2. The zero-order valence-electron chi connectivity index (χ0n) is 14.2. The van der Waals surface area contributed by atoms with Gasteiger partial charge in [-0.05, 0) is 23.8 Å². The average Bonchev–Trinajstić information content (AvgIpc) is 2.97. The van der Waals surface area contributed by atoms with Crippen molar-refractivity contribution in [2.24, 2.45) is 0 Å². The highest BCUT2D eigenvalue weighted by Gasteiger charge is 2.23. The van der Waals surface area contributed by atoms with Crippen LogP contribution in [0.2, 0.25) is 0 Å². The van der Waals surface area contributed by atoms with Crippen molar-refractivity contribution in [2.75, 3.05) is 40.0 Å². The maximum atomic E-state index is 12.1. The monoisotopic (exact) mass is 361 g/mol. The molecule has 26 heavy (non-hydrogen) atoms. The maximum Gasteiger partial charge on any atom is 0.326 e. The molecule has 2 aliphatic rings. The van der Waals surface area contributed by atoms with Crippen molar-refractivity contribution in [3.8, 4) is 11.5 Å². The van der Waals surface area contributed by atoms with Gasteiger partial charge in [0, 0.05) is 13.1 Å². The lowest BCUT2D eigenvalue weighted by molar-refractivity contribution is -0.137. The van der Waals surface area contributed by atoms with E-state index in [1.807, 2.05) is 0 Å². The van der Waals surface area contributed by atoms with Gasteiger partial charge in [-0.15, -0.1) is 0 Å². The first kappa shape index (κ1) is 17.7. The Morgan fingerprint density at radius 3 is 2.65 bits per heavy atom. The smallest absolute Gasteiger partial charge is 0.326 e. The molecule has 4 amide bonds. The summed E-state index contributed by atoms with van der Waals surface area (Å²) in [6, 6.07) is 4.43. The van der Waals surface area contributed by atoms with Crippen LogP contribution in [0.25, 0.3) is 6.08 Å². The molecule has 2 heterocycles. The van der Waals surface area contributed by atoms with E-state index < -0.39 is 11.9 Å². The summed E-state index contributed by atoms with van der Waals surface area (Å²) in [7, 11) is 1.48. The molecule has 9 nitrogen and oxygen atoms in total. The fourth-order valence-electron chi connectivity index (χ4n) is 2.59. The van der Waals surface area contributed by atoms with E-state index in [4.69, 9.17) is 14.2 Å². The normalized spacial score (nSPS) is 18.5. The fraction of sp³-hybridized carbons (Fsp3) is 0.353. The lowest BCUT2D eigenvalue weighted by Crippen LogP contribution is -2.43. The van der Waals surface area contributed by atoms with Crippen LogP contribution in [0.3, 0.4) is 0 Å². The van der Waals surface area contributed by atoms with Crippen molar-refractivity contribution in [1.82, 2.24) is 15.5 Å². The van der Waals surface area contributed by atoms with Crippen LogP contribution in [0.5, 0.6) is 11.5 Å². The molecule has 0 spiro atoms. The molecule has 2 saturated heterocycles. The van der Waals surface area contributed by atoms with Crippen molar-refractivity contribution < 1.29 is 28.6 Å². The standard InChI is InChI=1S/C17H19N3O6/c1-24-14-9-11(8-12-16(22)19-17(23)18-12)2-3-13(14)26-10-15(21)20-4-6-25-7-5-20/h2-3,8-9H,4-7,10H2,1H3,(H2,18,19,22,23). The molecule has 2 aliphatic heterocycles. The van der Waals surface area contributed by atoms with Gasteiger partial charge >= 0.3 is 6.03 Å². The minimum atomic E-state index is -0.560. The van der Waals surface area contributed by atoms with Crippen molar-refractivity contribution in [3.63, 3.8) is 0 Å². The number of amides is 4. The molecule has 1 aromatic rings. The minimum absolute atomic E-state index is 0.102. The predicted molar refractivity (Wildman–Crippen MR) is 90.5 cm³/mol. The lowest BCUT2D eigenvalue weighted by atomic mass is 10.1. The Morgan fingerprint density at radius 2 is 2.00 bits per heavy atom. The zero-order valence-corrected chi connectivity index (χ0v) is 14.2. The van der Waals surface area contributed by atoms with Crippen molar-refractivity contribution in [3.05, 3.63) is 29.5 Å². The van der Waals surface area contributed by atoms with Gasteiger partial charge in [0.1, 0.15) is 5.70 Å². The van der Waals surface area contributed by atoms with Crippen molar-refractivity contribution >= 4 is 23.9 Å². The third-order valence-corrected chi connectivity index (χ3v) is 3.93. The van der Waals surface area contributed by atoms with E-state index in [9.17, 15) is 14.4 Å². The number of carbonyl (C=O) groups excluding carboxylic acids is 3. The molecule has 0 atom stereocenters. The van der Waals surface area contributed by atoms with Crippen molar-refractivity contribution in [1.29, 1.82) is 0 Å². The van der Waals surface area contributed by atoms with Crippen LogP contribution in [-0.4, -0.2) is 62.8 Å². The van der Waals surface area contributed by atoms with E-state index in [0.717, 1.165) is 0 Å². The van der Waals surface area contributed by atoms with E-state index in [1.54, 1.807) is 23.1 Å². The van der Waals surface area contributed by atoms with Crippen LogP contribution < -0.4 is 20.1 Å². The van der Waals surface area contributed by atoms with Gasteiger partial charge in [0.2, 0.25) is 0 Å². The molecular weight excluding hydrogens is 342 g/mol. The predicted octanol–water partition coefficient (Wildman–Crippen LogP) is 0.113. The summed E-state index contributed by atoms with van der Waals surface area (Å²) in [5.74, 6) is 0.215. The number of ether oxygens (including phenoxy) is 3. The van der Waals surface area contributed by atoms with Gasteiger partial charge in [-0.2, -0.15) is 0 Å². The summed E-state index contributed by atoms with van der Waals surface area (Å²) >= 11 is 0. The Morgan fingerprint density at radius 1 is 1.23 bits per heavy atom. The van der Waals surface area contributed by atoms with E-state index in [-0.39, 0.29) is 18.2 Å². The van der Waals surface area contributed by atoms with Gasteiger partial charge < -0.3 is 24.4 Å². The molecule has 9 heteroatoms. The number of imide groups is 1. The maximum absolute atomic E-state index is 12.1. The highest BCUT2D eigenvalue weighted by molar-refractivity contribution is 6.14. The number of nitrogens with zero attached hydrogens (tertiary/aromatic N) is 1. The first-order valence-corrected chi connectivity index (χ1v) is 8.07. The van der Waals surface area contributed by atoms with E-state index in [2.05, 4.69) is 10.6 Å². The Hall–Kier alpha value is -3.07. The molecule has 0 bridgehead atoms. The topological polar surface area (TPSA) is 106 Å². The van der Waals surface area contributed by atoms with Crippen molar-refractivity contribution in [2.45, 2.75) is 0 Å². The molecule has 138 valence electrons. The summed E-state index contributed by atoms with van der Waals surface area (Å²) in [6.07, 6.45) is 1.52. The second-order valence-electron chi connectivity index (χ2n) is 5.66. The summed E-state index contributed by atoms with van der Waals surface area (Å²) < 4.78 is 16.1. The van der Waals surface area contributed by atoms with Gasteiger partial charge in [-0.1, -0.05) is 6.07 Å². The Kier molecular flexibility index (Phi) is 5.37. The molecule has 0 aromatic heterocycles. The SMILES string of the molecule is COc1cc(C=C2NC(=O)NC2=O)ccc1OCC(=O)N1CCOCC1.